The van der Waals surface area contributed by atoms with Crippen molar-refractivity contribution in [2.75, 3.05) is 5.32 Å². The Morgan fingerprint density at radius 2 is 1.56 bits per heavy atom. The Balaban J connectivity index is 2.19. The summed E-state index contributed by atoms with van der Waals surface area (Å²) in [6, 6.07) is 11.5. The molecule has 2 aromatic carbocycles. The predicted octanol–water partition coefficient (Wildman–Crippen LogP) is 6.13. The summed E-state index contributed by atoms with van der Waals surface area (Å²) in [6.07, 6.45) is 0. The number of para-hydroxylation sites is 1. The summed E-state index contributed by atoms with van der Waals surface area (Å²) in [6.45, 7) is 0.612. The molecule has 0 saturated heterocycles. The van der Waals surface area contributed by atoms with E-state index in [4.69, 9.17) is 23.2 Å². The van der Waals surface area contributed by atoms with Crippen molar-refractivity contribution in [3.63, 3.8) is 0 Å². The Kier molecular flexibility index (Phi) is 4.96. The number of halogens is 4. The van der Waals surface area contributed by atoms with E-state index in [1.54, 1.807) is 6.07 Å². The van der Waals surface area contributed by atoms with Crippen molar-refractivity contribution in [2.24, 2.45) is 0 Å². The quantitative estimate of drug-likeness (QED) is 0.642. The molecule has 0 aliphatic rings. The number of rotatable bonds is 3. The lowest BCUT2D eigenvalue weighted by molar-refractivity contribution is 1.14. The van der Waals surface area contributed by atoms with Gasteiger partial charge in [0, 0.05) is 15.5 Å². The van der Waals surface area contributed by atoms with Crippen molar-refractivity contribution in [2.45, 2.75) is 6.54 Å². The van der Waals surface area contributed by atoms with Crippen LogP contribution in [0.1, 0.15) is 5.56 Å². The van der Waals surface area contributed by atoms with Crippen molar-refractivity contribution in [1.29, 1.82) is 0 Å². The van der Waals surface area contributed by atoms with Crippen molar-refractivity contribution in [3.8, 4) is 0 Å². The van der Waals surface area contributed by atoms with Crippen LogP contribution in [0, 0.1) is 0 Å². The molecule has 94 valence electrons. The van der Waals surface area contributed by atoms with Crippen LogP contribution < -0.4 is 5.32 Å². The Morgan fingerprint density at radius 3 is 2.22 bits per heavy atom. The molecule has 18 heavy (non-hydrogen) atoms. The predicted molar refractivity (Wildman–Crippen MR) is 85.6 cm³/mol. The molecule has 0 aliphatic heterocycles. The summed E-state index contributed by atoms with van der Waals surface area (Å²) in [7, 11) is 0. The van der Waals surface area contributed by atoms with Crippen LogP contribution in [0.3, 0.4) is 0 Å². The summed E-state index contributed by atoms with van der Waals surface area (Å²) >= 11 is 19.1. The van der Waals surface area contributed by atoms with Crippen LogP contribution in [0.4, 0.5) is 5.69 Å². The maximum atomic E-state index is 6.14. The molecular weight excluding hydrogens is 401 g/mol. The van der Waals surface area contributed by atoms with Gasteiger partial charge in [-0.05, 0) is 55.6 Å². The van der Waals surface area contributed by atoms with E-state index in [2.05, 4.69) is 37.2 Å². The zero-order valence-corrected chi connectivity index (χ0v) is 13.9. The first-order chi connectivity index (χ1) is 8.59. The van der Waals surface area contributed by atoms with E-state index >= 15 is 0 Å². The normalized spacial score (nSPS) is 10.4. The molecule has 2 rings (SSSR count). The fourth-order valence-corrected chi connectivity index (χ4v) is 3.20. The van der Waals surface area contributed by atoms with E-state index in [1.807, 2.05) is 30.3 Å². The molecule has 0 spiro atoms. The van der Waals surface area contributed by atoms with E-state index in [0.717, 1.165) is 20.2 Å². The van der Waals surface area contributed by atoms with Gasteiger partial charge in [-0.1, -0.05) is 41.4 Å². The number of hydrogen-bond donors (Lipinski definition) is 1. The molecule has 2 aromatic rings. The average Bonchev–Trinajstić information content (AvgIpc) is 2.33. The highest BCUT2D eigenvalue weighted by atomic mass is 79.9. The van der Waals surface area contributed by atoms with Crippen molar-refractivity contribution in [3.05, 3.63) is 61.0 Å². The van der Waals surface area contributed by atoms with Gasteiger partial charge in [-0.25, -0.2) is 0 Å². The molecule has 5 heteroatoms. The molecule has 1 nitrogen and oxygen atoms in total. The zero-order chi connectivity index (χ0) is 13.1. The van der Waals surface area contributed by atoms with E-state index in [0.29, 0.717) is 16.6 Å². The highest BCUT2D eigenvalue weighted by molar-refractivity contribution is 9.11. The lowest BCUT2D eigenvalue weighted by Crippen LogP contribution is -2.01. The number of anilines is 1. The molecular formula is C13H9Br2Cl2N. The minimum absolute atomic E-state index is 0.571. The van der Waals surface area contributed by atoms with Crippen molar-refractivity contribution < 1.29 is 0 Å². The highest BCUT2D eigenvalue weighted by Gasteiger charge is 2.07. The van der Waals surface area contributed by atoms with Crippen LogP contribution in [0.15, 0.2) is 45.3 Å². The molecule has 0 radical (unpaired) electrons. The Morgan fingerprint density at radius 1 is 0.944 bits per heavy atom. The van der Waals surface area contributed by atoms with Gasteiger partial charge in [-0.3, -0.25) is 0 Å². The molecule has 0 heterocycles. The second-order valence-corrected chi connectivity index (χ2v) is 6.16. The first kappa shape index (κ1) is 14.2. The van der Waals surface area contributed by atoms with E-state index in [9.17, 15) is 0 Å². The van der Waals surface area contributed by atoms with Gasteiger partial charge in [-0.15, -0.1) is 0 Å². The van der Waals surface area contributed by atoms with Gasteiger partial charge in [0.2, 0.25) is 0 Å². The molecule has 0 amide bonds. The minimum atomic E-state index is 0.571. The smallest absolute Gasteiger partial charge is 0.0642 e. The maximum Gasteiger partial charge on any atom is 0.0642 e. The molecule has 0 aromatic heterocycles. The molecule has 0 atom stereocenters. The Bertz CT molecular complexity index is 553. The fourth-order valence-electron chi connectivity index (χ4n) is 1.54. The summed E-state index contributed by atoms with van der Waals surface area (Å²) in [5.74, 6) is 0. The second kappa shape index (κ2) is 6.29. The summed E-state index contributed by atoms with van der Waals surface area (Å²) in [5.41, 5.74) is 1.96. The Labute approximate surface area is 133 Å². The second-order valence-electron chi connectivity index (χ2n) is 3.66. The maximum absolute atomic E-state index is 6.14. The van der Waals surface area contributed by atoms with Crippen molar-refractivity contribution in [1.82, 2.24) is 0 Å². The summed E-state index contributed by atoms with van der Waals surface area (Å²) in [5, 5.41) is 4.49. The number of benzene rings is 2. The van der Waals surface area contributed by atoms with Gasteiger partial charge in [0.05, 0.1) is 15.7 Å². The lowest BCUT2D eigenvalue weighted by Gasteiger charge is -2.12. The van der Waals surface area contributed by atoms with Crippen LogP contribution in [0.2, 0.25) is 10.0 Å². The van der Waals surface area contributed by atoms with E-state index < -0.39 is 0 Å². The fraction of sp³-hybridized carbons (Fsp3) is 0.0769. The zero-order valence-electron chi connectivity index (χ0n) is 9.18. The monoisotopic (exact) mass is 407 g/mol. The minimum Gasteiger partial charge on any atom is -0.379 e. The third-order valence-electron chi connectivity index (χ3n) is 2.45. The van der Waals surface area contributed by atoms with Crippen LogP contribution >= 0.6 is 55.1 Å². The van der Waals surface area contributed by atoms with Crippen LogP contribution in [-0.4, -0.2) is 0 Å². The van der Waals surface area contributed by atoms with Crippen LogP contribution in [0.25, 0.3) is 0 Å². The highest BCUT2D eigenvalue weighted by Crippen LogP contribution is 2.32. The first-order valence-corrected chi connectivity index (χ1v) is 7.54. The van der Waals surface area contributed by atoms with E-state index in [-0.39, 0.29) is 0 Å². The van der Waals surface area contributed by atoms with Gasteiger partial charge >= 0.3 is 0 Å². The van der Waals surface area contributed by atoms with Crippen LogP contribution in [0.5, 0.6) is 0 Å². The molecule has 0 fully saturated rings. The lowest BCUT2D eigenvalue weighted by atomic mass is 10.2. The van der Waals surface area contributed by atoms with Gasteiger partial charge in [0.1, 0.15) is 0 Å². The average molecular weight is 410 g/mol. The van der Waals surface area contributed by atoms with Gasteiger partial charge in [0.15, 0.2) is 0 Å². The third-order valence-corrected chi connectivity index (χ3v) is 4.63. The topological polar surface area (TPSA) is 12.0 Å². The van der Waals surface area contributed by atoms with Gasteiger partial charge in [0.25, 0.3) is 0 Å². The molecule has 0 unspecified atom stereocenters. The SMILES string of the molecule is Clc1cccc(CNc2c(Br)cccc2Br)c1Cl. The Hall–Kier alpha value is -0.220. The standard InChI is InChI=1S/C13H9Br2Cl2N/c14-9-4-2-5-10(15)13(9)18-7-8-3-1-6-11(16)12(8)17/h1-6,18H,7H2. The van der Waals surface area contributed by atoms with E-state index in [1.165, 1.54) is 0 Å². The third kappa shape index (κ3) is 3.21. The van der Waals surface area contributed by atoms with Crippen molar-refractivity contribution >= 4 is 60.7 Å². The van der Waals surface area contributed by atoms with Crippen LogP contribution in [-0.2, 0) is 6.54 Å². The van der Waals surface area contributed by atoms with Gasteiger partial charge < -0.3 is 5.32 Å². The number of hydrogen-bond acceptors (Lipinski definition) is 1. The summed E-state index contributed by atoms with van der Waals surface area (Å²) in [4.78, 5) is 0. The molecule has 1 N–H and O–H groups in total. The number of nitrogens with one attached hydrogen (secondary N) is 1. The molecule has 0 saturated carbocycles. The summed E-state index contributed by atoms with van der Waals surface area (Å²) < 4.78 is 1.99. The molecule has 0 aliphatic carbocycles. The molecule has 0 bridgehead atoms. The largest absolute Gasteiger partial charge is 0.379 e. The van der Waals surface area contributed by atoms with Gasteiger partial charge in [-0.2, -0.15) is 0 Å². The first-order valence-electron chi connectivity index (χ1n) is 5.20.